The molecule has 5 fully saturated rings. The lowest BCUT2D eigenvalue weighted by Crippen LogP contribution is -2.60. The van der Waals surface area contributed by atoms with E-state index in [0.29, 0.717) is 61.2 Å². The molecule has 0 radical (unpaired) electrons. The molecule has 7 amide bonds. The molecule has 3 aromatic rings. The number of nitrogens with zero attached hydrogens (tertiary/aromatic N) is 2. The van der Waals surface area contributed by atoms with Gasteiger partial charge < -0.3 is 63.5 Å². The molecule has 1 aliphatic heterocycles. The first-order valence-electron chi connectivity index (χ1n) is 26.5. The average molecular weight is 1020 g/mol. The first-order chi connectivity index (χ1) is 35.4. The summed E-state index contributed by atoms with van der Waals surface area (Å²) in [4.78, 5) is 108. The number of rotatable bonds is 25. The second kappa shape index (κ2) is 25.0. The Morgan fingerprint density at radius 1 is 0.784 bits per heavy atom. The Morgan fingerprint density at radius 2 is 1.38 bits per heavy atom. The lowest BCUT2D eigenvalue weighted by atomic mass is 9.49. The molecule has 13 N–H and O–H groups in total. The van der Waals surface area contributed by atoms with E-state index in [-0.39, 0.29) is 73.5 Å². The first kappa shape index (κ1) is 55.1. The van der Waals surface area contributed by atoms with Crippen LogP contribution in [0.3, 0.4) is 0 Å². The topological polar surface area (TPSA) is 316 Å². The van der Waals surface area contributed by atoms with Crippen molar-refractivity contribution in [3.8, 4) is 5.75 Å². The van der Waals surface area contributed by atoms with Crippen molar-refractivity contribution in [1.29, 1.82) is 0 Å². The van der Waals surface area contributed by atoms with Crippen LogP contribution >= 0.6 is 0 Å². The molecule has 5 aliphatic rings. The SMILES string of the molecule is CCNC(=O)C1CCCN1C(=O)[C@H](CCCN=C(N)N)NC(=O)[C@H](CC(C)C)NC(=O)[C@@H](Cc1c[nH]c2ccccc12)NC(=O)[C@H](Cc1ccc(O)cc1)NC(=O)[C@H](CO)NC(=O)CC12CC3CC(CC(C3)C1)C2. The van der Waals surface area contributed by atoms with E-state index in [1.165, 1.54) is 36.3 Å². The Hall–Kier alpha value is -6.70. The number of para-hydroxylation sites is 1. The number of aliphatic imine (C=N–C) groups is 1. The highest BCUT2D eigenvalue weighted by Crippen LogP contribution is 2.61. The van der Waals surface area contributed by atoms with Crippen LogP contribution in [0.2, 0.25) is 0 Å². The highest BCUT2D eigenvalue weighted by Gasteiger charge is 2.51. The van der Waals surface area contributed by atoms with Gasteiger partial charge in [-0.05, 0) is 136 Å². The number of hydrogen-bond acceptors (Lipinski definition) is 10. The van der Waals surface area contributed by atoms with E-state index in [1.807, 2.05) is 38.1 Å². The Kier molecular flexibility index (Phi) is 18.6. The summed E-state index contributed by atoms with van der Waals surface area (Å²) in [6.45, 7) is 5.68. The predicted octanol–water partition coefficient (Wildman–Crippen LogP) is 1.91. The number of carbonyl (C=O) groups is 7. The number of phenolic OH excluding ortho intramolecular Hbond substituents is 1. The number of aromatic nitrogens is 1. The van der Waals surface area contributed by atoms with Crippen molar-refractivity contribution in [3.05, 3.63) is 65.9 Å². The molecule has 1 aromatic heterocycles. The number of hydrogen-bond donors (Lipinski definition) is 11. The van der Waals surface area contributed by atoms with Crippen molar-refractivity contribution in [2.24, 2.45) is 45.5 Å². The molecule has 1 unspecified atom stereocenters. The Balaban J connectivity index is 1.11. The molecule has 0 spiro atoms. The van der Waals surface area contributed by atoms with Gasteiger partial charge in [0.05, 0.1) is 6.61 Å². The summed E-state index contributed by atoms with van der Waals surface area (Å²) < 4.78 is 0. The number of aliphatic hydroxyl groups excluding tert-OH is 1. The van der Waals surface area contributed by atoms with Gasteiger partial charge in [0, 0.05) is 56.0 Å². The summed E-state index contributed by atoms with van der Waals surface area (Å²) in [7, 11) is 0. The molecule has 20 nitrogen and oxygen atoms in total. The van der Waals surface area contributed by atoms with Crippen LogP contribution in [0.25, 0.3) is 10.9 Å². The number of guanidine groups is 1. The van der Waals surface area contributed by atoms with E-state index in [9.17, 15) is 43.8 Å². The van der Waals surface area contributed by atoms with E-state index < -0.39 is 72.4 Å². The molecule has 8 rings (SSSR count). The quantitative estimate of drug-likeness (QED) is 0.0331. The number of likely N-dealkylation sites (tertiary alicyclic amines) is 1. The molecule has 4 bridgehead atoms. The van der Waals surface area contributed by atoms with Crippen LogP contribution < -0.4 is 43.4 Å². The maximum absolute atomic E-state index is 14.8. The summed E-state index contributed by atoms with van der Waals surface area (Å²) in [5, 5.41) is 38.3. The predicted molar refractivity (Wildman–Crippen MR) is 279 cm³/mol. The molecule has 74 heavy (non-hydrogen) atoms. The summed E-state index contributed by atoms with van der Waals surface area (Å²) in [6.07, 6.45) is 10.0. The second-order valence-electron chi connectivity index (χ2n) is 21.7. The van der Waals surface area contributed by atoms with Crippen LogP contribution in [0, 0.1) is 29.1 Å². The number of nitrogens with one attached hydrogen (secondary N) is 7. The lowest BCUT2D eigenvalue weighted by molar-refractivity contribution is -0.142. The van der Waals surface area contributed by atoms with Crippen molar-refractivity contribution >= 4 is 58.2 Å². The molecular formula is C54H77N11O9. The van der Waals surface area contributed by atoms with E-state index in [4.69, 9.17) is 11.5 Å². The van der Waals surface area contributed by atoms with Gasteiger partial charge in [-0.2, -0.15) is 0 Å². The van der Waals surface area contributed by atoms with Gasteiger partial charge in [0.25, 0.3) is 0 Å². The minimum absolute atomic E-state index is 0.0161. The minimum atomic E-state index is -1.38. The molecule has 6 atom stereocenters. The van der Waals surface area contributed by atoms with Gasteiger partial charge in [0.2, 0.25) is 41.4 Å². The zero-order valence-electron chi connectivity index (χ0n) is 43.0. The number of nitrogens with two attached hydrogens (primary N) is 2. The number of H-pyrrole nitrogens is 1. The lowest BCUT2D eigenvalue weighted by Gasteiger charge is -2.56. The fraction of sp³-hybridized carbons (Fsp3) is 0.593. The van der Waals surface area contributed by atoms with Crippen LogP contribution in [0.5, 0.6) is 5.75 Å². The molecule has 2 aromatic carbocycles. The third kappa shape index (κ3) is 14.3. The largest absolute Gasteiger partial charge is 0.508 e. The monoisotopic (exact) mass is 1020 g/mol. The summed E-state index contributed by atoms with van der Waals surface area (Å²) in [5.74, 6) is -2.48. The maximum Gasteiger partial charge on any atom is 0.245 e. The van der Waals surface area contributed by atoms with E-state index in [2.05, 4.69) is 41.9 Å². The molecule has 4 saturated carbocycles. The van der Waals surface area contributed by atoms with E-state index in [0.717, 1.165) is 30.2 Å². The number of aliphatic hydroxyl groups is 1. The molecule has 2 heterocycles. The van der Waals surface area contributed by atoms with Gasteiger partial charge >= 0.3 is 0 Å². The number of phenols is 1. The smallest absolute Gasteiger partial charge is 0.245 e. The normalized spacial score (nSPS) is 22.7. The molecule has 402 valence electrons. The fourth-order valence-corrected chi connectivity index (χ4v) is 12.4. The Labute approximate surface area is 432 Å². The number of aromatic hydroxyl groups is 1. The van der Waals surface area contributed by atoms with Gasteiger partial charge in [-0.3, -0.25) is 38.6 Å². The van der Waals surface area contributed by atoms with Crippen molar-refractivity contribution < 1.29 is 43.8 Å². The number of benzene rings is 2. The Bertz CT molecular complexity index is 2470. The van der Waals surface area contributed by atoms with Gasteiger partial charge in [-0.25, -0.2) is 0 Å². The summed E-state index contributed by atoms with van der Waals surface area (Å²) in [5.41, 5.74) is 13.0. The zero-order valence-corrected chi connectivity index (χ0v) is 43.0. The van der Waals surface area contributed by atoms with Crippen LogP contribution in [-0.2, 0) is 46.4 Å². The molecule has 1 saturated heterocycles. The third-order valence-corrected chi connectivity index (χ3v) is 15.4. The average Bonchev–Trinajstić information content (AvgIpc) is 4.01. The number of fused-ring (bicyclic) bond motifs is 1. The van der Waals surface area contributed by atoms with Gasteiger partial charge in [-0.15, -0.1) is 0 Å². The molecule has 20 heteroatoms. The van der Waals surface area contributed by atoms with E-state index >= 15 is 0 Å². The number of likely N-dealkylation sites (N-methyl/N-ethyl adjacent to an activating group) is 1. The Morgan fingerprint density at radius 3 is 2.00 bits per heavy atom. The molecule has 4 aliphatic carbocycles. The number of aromatic amines is 1. The number of carbonyl (C=O) groups excluding carboxylic acids is 7. The summed E-state index contributed by atoms with van der Waals surface area (Å²) >= 11 is 0. The summed E-state index contributed by atoms with van der Waals surface area (Å²) in [6, 6.07) is 6.41. The zero-order chi connectivity index (χ0) is 53.1. The highest BCUT2D eigenvalue weighted by atomic mass is 16.3. The first-order valence-corrected chi connectivity index (χ1v) is 26.5. The maximum atomic E-state index is 14.8. The number of amides is 7. The van der Waals surface area contributed by atoms with Gasteiger partial charge in [0.15, 0.2) is 5.96 Å². The minimum Gasteiger partial charge on any atom is -0.508 e. The van der Waals surface area contributed by atoms with Crippen LogP contribution in [-0.4, -0.2) is 130 Å². The second-order valence-corrected chi connectivity index (χ2v) is 21.7. The van der Waals surface area contributed by atoms with Crippen LogP contribution in [0.4, 0.5) is 0 Å². The molecular weight excluding hydrogens is 947 g/mol. The van der Waals surface area contributed by atoms with Crippen molar-refractivity contribution in [3.63, 3.8) is 0 Å². The van der Waals surface area contributed by atoms with Crippen LogP contribution in [0.15, 0.2) is 59.7 Å². The van der Waals surface area contributed by atoms with Gasteiger partial charge in [-0.1, -0.05) is 44.2 Å². The van der Waals surface area contributed by atoms with Crippen molar-refractivity contribution in [1.82, 2.24) is 41.8 Å². The fourth-order valence-electron chi connectivity index (χ4n) is 12.4. The van der Waals surface area contributed by atoms with Gasteiger partial charge in [0.1, 0.15) is 42.0 Å². The van der Waals surface area contributed by atoms with Crippen molar-refractivity contribution in [2.45, 2.75) is 147 Å². The third-order valence-electron chi connectivity index (χ3n) is 15.4. The van der Waals surface area contributed by atoms with Crippen molar-refractivity contribution in [2.75, 3.05) is 26.2 Å². The highest BCUT2D eigenvalue weighted by molar-refractivity contribution is 5.98. The van der Waals surface area contributed by atoms with E-state index in [1.54, 1.807) is 25.3 Å². The standard InChI is InChI=1S/C54H77N11O9/c1-4-57-51(73)45-12-8-18-65(45)52(74)40(11-7-17-58-53(55)56)61-47(69)41(19-31(2)3)62-49(71)43(24-36-29-59-39-10-6-5-9-38(36)39)64-48(70)42(23-32-13-15-37(67)16-14-32)63-50(72)44(30-66)60-46(68)28-54-25-33-20-34(26-54)22-35(21-33)27-54/h5-6,9-10,13-16,29,31,33-35,40-45,59,66-67H,4,7-8,11-12,17-28,30H2,1-3H3,(H,57,73)(H,60,68)(H,61,69)(H,62,71)(H,63,72)(H,64,70)(H4,55,56,58)/t33?,34?,35?,40-,41-,42-,43+,44-,45?,54?/m0/s1. The van der Waals surface area contributed by atoms with Crippen LogP contribution in [0.1, 0.15) is 109 Å².